The van der Waals surface area contributed by atoms with E-state index in [-0.39, 0.29) is 0 Å². The largest absolute Gasteiger partial charge is 0.423 e. The second-order valence-electron chi connectivity index (χ2n) is 2.64. The number of nitrogens with two attached hydrogens (primary N) is 1. The van der Waals surface area contributed by atoms with Gasteiger partial charge in [-0.15, -0.1) is 10.2 Å². The Balaban J connectivity index is 2.33. The first-order valence-electron chi connectivity index (χ1n) is 3.95. The first-order valence-corrected chi connectivity index (χ1v) is 3.95. The highest BCUT2D eigenvalue weighted by atomic mass is 16.4. The molecule has 0 unspecified atom stereocenters. The Morgan fingerprint density at radius 1 is 1.23 bits per heavy atom. The zero-order valence-electron chi connectivity index (χ0n) is 6.97. The molecular weight excluding hydrogens is 166 g/mol. The van der Waals surface area contributed by atoms with Crippen LogP contribution in [0.15, 0.2) is 35.1 Å². The fourth-order valence-electron chi connectivity index (χ4n) is 1.08. The fourth-order valence-corrected chi connectivity index (χ4v) is 1.08. The average molecular weight is 175 g/mol. The highest BCUT2D eigenvalue weighted by molar-refractivity contribution is 5.52. The molecule has 0 aliphatic heterocycles. The molecule has 0 amide bonds. The summed E-state index contributed by atoms with van der Waals surface area (Å²) in [4.78, 5) is 0. The van der Waals surface area contributed by atoms with Crippen molar-refractivity contribution in [2.75, 3.05) is 0 Å². The van der Waals surface area contributed by atoms with E-state index in [9.17, 15) is 0 Å². The maximum Gasteiger partial charge on any atom is 0.247 e. The molecule has 2 N–H and O–H groups in total. The minimum atomic E-state index is 0.531. The van der Waals surface area contributed by atoms with Crippen LogP contribution in [0.25, 0.3) is 11.5 Å². The van der Waals surface area contributed by atoms with Crippen LogP contribution in [0.3, 0.4) is 0 Å². The number of benzene rings is 1. The molecule has 0 aliphatic carbocycles. The summed E-state index contributed by atoms with van der Waals surface area (Å²) in [6.07, 6.45) is 1.31. The van der Waals surface area contributed by atoms with Crippen LogP contribution in [0.5, 0.6) is 0 Å². The molecule has 1 heterocycles. The van der Waals surface area contributed by atoms with Crippen molar-refractivity contribution in [2.45, 2.75) is 6.54 Å². The molecule has 0 atom stereocenters. The van der Waals surface area contributed by atoms with E-state index in [0.717, 1.165) is 11.1 Å². The average Bonchev–Trinajstić information content (AvgIpc) is 2.71. The summed E-state index contributed by atoms with van der Waals surface area (Å²) in [6, 6.07) is 7.71. The van der Waals surface area contributed by atoms with Gasteiger partial charge in [0.25, 0.3) is 0 Å². The van der Waals surface area contributed by atoms with Gasteiger partial charge in [0.1, 0.15) is 0 Å². The van der Waals surface area contributed by atoms with Crippen LogP contribution in [0.4, 0.5) is 0 Å². The van der Waals surface area contributed by atoms with E-state index >= 15 is 0 Å². The minimum absolute atomic E-state index is 0.531. The zero-order chi connectivity index (χ0) is 9.10. The minimum Gasteiger partial charge on any atom is -0.423 e. The van der Waals surface area contributed by atoms with E-state index in [1.165, 1.54) is 6.39 Å². The Kier molecular flexibility index (Phi) is 2.06. The molecule has 13 heavy (non-hydrogen) atoms. The number of nitrogens with zero attached hydrogens (tertiary/aromatic N) is 2. The summed E-state index contributed by atoms with van der Waals surface area (Å²) in [6.45, 7) is 0.546. The second-order valence-corrected chi connectivity index (χ2v) is 2.64. The molecule has 0 radical (unpaired) electrons. The van der Waals surface area contributed by atoms with Gasteiger partial charge in [0, 0.05) is 12.1 Å². The molecular formula is C9H9N3O. The standard InChI is InChI=1S/C9H9N3O/c10-5-7-1-3-8(4-2-7)9-12-11-6-13-9/h1-4,6H,5,10H2. The summed E-state index contributed by atoms with van der Waals surface area (Å²) >= 11 is 0. The van der Waals surface area contributed by atoms with Gasteiger partial charge in [-0.05, 0) is 17.7 Å². The van der Waals surface area contributed by atoms with Crippen molar-refractivity contribution < 1.29 is 4.42 Å². The van der Waals surface area contributed by atoms with Gasteiger partial charge in [-0.2, -0.15) is 0 Å². The first kappa shape index (κ1) is 7.94. The molecule has 0 bridgehead atoms. The SMILES string of the molecule is NCc1ccc(-c2nnco2)cc1. The van der Waals surface area contributed by atoms with Gasteiger partial charge in [-0.3, -0.25) is 0 Å². The van der Waals surface area contributed by atoms with Crippen LogP contribution in [0.1, 0.15) is 5.56 Å². The van der Waals surface area contributed by atoms with E-state index in [1.807, 2.05) is 24.3 Å². The van der Waals surface area contributed by atoms with E-state index in [2.05, 4.69) is 10.2 Å². The molecule has 0 aliphatic rings. The summed E-state index contributed by atoms with van der Waals surface area (Å²) in [5, 5.41) is 7.39. The lowest BCUT2D eigenvalue weighted by Gasteiger charge is -1.96. The maximum atomic E-state index is 5.47. The predicted octanol–water partition coefficient (Wildman–Crippen LogP) is 1.20. The summed E-state index contributed by atoms with van der Waals surface area (Å²) in [5.74, 6) is 0.531. The van der Waals surface area contributed by atoms with Crippen LogP contribution in [-0.2, 0) is 6.54 Å². The lowest BCUT2D eigenvalue weighted by Crippen LogP contribution is -1.95. The monoisotopic (exact) mass is 175 g/mol. The van der Waals surface area contributed by atoms with E-state index in [1.54, 1.807) is 0 Å². The normalized spacial score (nSPS) is 10.2. The van der Waals surface area contributed by atoms with Crippen LogP contribution < -0.4 is 5.73 Å². The Bertz CT molecular complexity index is 366. The lowest BCUT2D eigenvalue weighted by molar-refractivity contribution is 0.568. The Labute approximate surface area is 75.4 Å². The number of hydrogen-bond donors (Lipinski definition) is 1. The van der Waals surface area contributed by atoms with Gasteiger partial charge < -0.3 is 10.2 Å². The Morgan fingerprint density at radius 2 is 2.00 bits per heavy atom. The van der Waals surface area contributed by atoms with Crippen LogP contribution in [-0.4, -0.2) is 10.2 Å². The molecule has 1 aromatic carbocycles. The third kappa shape index (κ3) is 1.57. The molecule has 66 valence electrons. The molecule has 0 fully saturated rings. The third-order valence-electron chi connectivity index (χ3n) is 1.80. The van der Waals surface area contributed by atoms with E-state index in [4.69, 9.17) is 10.2 Å². The molecule has 0 saturated carbocycles. The molecule has 0 saturated heterocycles. The van der Waals surface area contributed by atoms with Crippen molar-refractivity contribution in [3.8, 4) is 11.5 Å². The van der Waals surface area contributed by atoms with Crippen LogP contribution in [0, 0.1) is 0 Å². The highest BCUT2D eigenvalue weighted by Gasteiger charge is 2.01. The molecule has 2 rings (SSSR count). The second kappa shape index (κ2) is 3.37. The first-order chi connectivity index (χ1) is 6.40. The lowest BCUT2D eigenvalue weighted by atomic mass is 10.1. The van der Waals surface area contributed by atoms with Crippen molar-refractivity contribution in [3.05, 3.63) is 36.2 Å². The highest BCUT2D eigenvalue weighted by Crippen LogP contribution is 2.15. The van der Waals surface area contributed by atoms with E-state index < -0.39 is 0 Å². The van der Waals surface area contributed by atoms with Crippen molar-refractivity contribution >= 4 is 0 Å². The van der Waals surface area contributed by atoms with Crippen molar-refractivity contribution in [3.63, 3.8) is 0 Å². The number of rotatable bonds is 2. The Morgan fingerprint density at radius 3 is 2.54 bits per heavy atom. The van der Waals surface area contributed by atoms with Crippen LogP contribution in [0.2, 0.25) is 0 Å². The molecule has 4 heteroatoms. The summed E-state index contributed by atoms with van der Waals surface area (Å²) in [7, 11) is 0. The van der Waals surface area contributed by atoms with Gasteiger partial charge >= 0.3 is 0 Å². The Hall–Kier alpha value is -1.68. The van der Waals surface area contributed by atoms with Crippen molar-refractivity contribution in [1.82, 2.24) is 10.2 Å². The summed E-state index contributed by atoms with van der Waals surface area (Å²) in [5.41, 5.74) is 7.47. The zero-order valence-corrected chi connectivity index (χ0v) is 6.97. The number of aromatic nitrogens is 2. The van der Waals surface area contributed by atoms with Gasteiger partial charge in [0.2, 0.25) is 12.3 Å². The van der Waals surface area contributed by atoms with Gasteiger partial charge in [0.15, 0.2) is 0 Å². The fraction of sp³-hybridized carbons (Fsp3) is 0.111. The topological polar surface area (TPSA) is 64.9 Å². The number of hydrogen-bond acceptors (Lipinski definition) is 4. The third-order valence-corrected chi connectivity index (χ3v) is 1.80. The van der Waals surface area contributed by atoms with Gasteiger partial charge in [0.05, 0.1) is 0 Å². The molecule has 0 spiro atoms. The van der Waals surface area contributed by atoms with Gasteiger partial charge in [-0.25, -0.2) is 0 Å². The molecule has 4 nitrogen and oxygen atoms in total. The van der Waals surface area contributed by atoms with E-state index in [0.29, 0.717) is 12.4 Å². The smallest absolute Gasteiger partial charge is 0.247 e. The van der Waals surface area contributed by atoms with Crippen molar-refractivity contribution in [1.29, 1.82) is 0 Å². The predicted molar refractivity (Wildman–Crippen MR) is 47.6 cm³/mol. The maximum absolute atomic E-state index is 5.47. The van der Waals surface area contributed by atoms with Crippen LogP contribution >= 0.6 is 0 Å². The quantitative estimate of drug-likeness (QED) is 0.744. The molecule has 2 aromatic rings. The molecule has 1 aromatic heterocycles. The van der Waals surface area contributed by atoms with Crippen molar-refractivity contribution in [2.24, 2.45) is 5.73 Å². The summed E-state index contributed by atoms with van der Waals surface area (Å²) < 4.78 is 5.04. The van der Waals surface area contributed by atoms with Gasteiger partial charge in [-0.1, -0.05) is 12.1 Å².